The van der Waals surface area contributed by atoms with Crippen molar-refractivity contribution in [1.29, 1.82) is 0 Å². The van der Waals surface area contributed by atoms with Gasteiger partial charge in [-0.1, -0.05) is 6.07 Å². The summed E-state index contributed by atoms with van der Waals surface area (Å²) in [5.74, 6) is -0.824. The molecule has 126 valence electrons. The Hall–Kier alpha value is -2.64. The number of nitrogens with zero attached hydrogens (tertiary/aromatic N) is 3. The monoisotopic (exact) mass is 332 g/mol. The molecule has 0 bridgehead atoms. The van der Waals surface area contributed by atoms with Gasteiger partial charge in [0, 0.05) is 33.1 Å². The van der Waals surface area contributed by atoms with Crippen molar-refractivity contribution >= 4 is 28.9 Å². The van der Waals surface area contributed by atoms with Crippen molar-refractivity contribution in [3.63, 3.8) is 0 Å². The lowest BCUT2D eigenvalue weighted by atomic mass is 10.1. The minimum Gasteiger partial charge on any atom is -0.420 e. The minimum atomic E-state index is -0.438. The maximum atomic E-state index is 13.7. The Labute approximate surface area is 137 Å². The van der Waals surface area contributed by atoms with Gasteiger partial charge in [0.2, 0.25) is 11.8 Å². The number of halogens is 1. The van der Waals surface area contributed by atoms with E-state index in [2.05, 4.69) is 10.3 Å². The zero-order valence-corrected chi connectivity index (χ0v) is 13.2. The van der Waals surface area contributed by atoms with Gasteiger partial charge in [0.15, 0.2) is 11.4 Å². The largest absolute Gasteiger partial charge is 0.420 e. The van der Waals surface area contributed by atoms with Crippen LogP contribution in [0.25, 0.3) is 11.1 Å². The third-order valence-corrected chi connectivity index (χ3v) is 4.70. The van der Waals surface area contributed by atoms with Crippen LogP contribution in [-0.4, -0.2) is 54.4 Å². The smallest absolute Gasteiger partial charge is 0.298 e. The number of hydrogen-bond acceptors (Lipinski definition) is 5. The van der Waals surface area contributed by atoms with Crippen molar-refractivity contribution < 1.29 is 18.4 Å². The van der Waals surface area contributed by atoms with E-state index in [9.17, 15) is 14.0 Å². The summed E-state index contributed by atoms with van der Waals surface area (Å²) in [6.07, 6.45) is 0.254. The highest BCUT2D eigenvalue weighted by Gasteiger charge is 2.43. The molecule has 1 N–H and O–H groups in total. The molecular formula is C16H17FN4O3. The predicted octanol–water partition coefficient (Wildman–Crippen LogP) is 0.750. The summed E-state index contributed by atoms with van der Waals surface area (Å²) in [4.78, 5) is 31.7. The average molecular weight is 332 g/mol. The van der Waals surface area contributed by atoms with Crippen molar-refractivity contribution in [1.82, 2.24) is 15.2 Å². The number of fused-ring (bicyclic) bond motifs is 1. The zero-order chi connectivity index (χ0) is 16.8. The van der Waals surface area contributed by atoms with Crippen LogP contribution in [-0.2, 0) is 9.59 Å². The lowest BCUT2D eigenvalue weighted by Crippen LogP contribution is -2.60. The molecule has 4 rings (SSSR count). The third-order valence-electron chi connectivity index (χ3n) is 4.70. The Morgan fingerprint density at radius 2 is 2.17 bits per heavy atom. The van der Waals surface area contributed by atoms with Crippen molar-refractivity contribution in [3.8, 4) is 0 Å². The molecule has 0 aliphatic carbocycles. The van der Waals surface area contributed by atoms with Crippen LogP contribution in [0.4, 0.5) is 10.4 Å². The number of likely N-dealkylation sites (tertiary alicyclic amines) is 1. The Balaban J connectivity index is 1.43. The van der Waals surface area contributed by atoms with E-state index in [0.717, 1.165) is 0 Å². The quantitative estimate of drug-likeness (QED) is 0.897. The first kappa shape index (κ1) is 14.9. The molecular weight excluding hydrogens is 315 g/mol. The molecule has 0 saturated carbocycles. The third kappa shape index (κ3) is 2.29. The second kappa shape index (κ2) is 5.47. The van der Waals surface area contributed by atoms with E-state index in [1.807, 2.05) is 4.90 Å². The number of amides is 2. The molecule has 2 fully saturated rings. The SMILES string of the molecule is CNC(=O)C1CC(=O)N(C2CN(c3nc4cccc(F)c4o3)C2)C1. The molecule has 1 atom stereocenters. The lowest BCUT2D eigenvalue weighted by molar-refractivity contribution is -0.130. The summed E-state index contributed by atoms with van der Waals surface area (Å²) in [5, 5.41) is 2.59. The van der Waals surface area contributed by atoms with Gasteiger partial charge in [0.1, 0.15) is 5.52 Å². The first-order chi connectivity index (χ1) is 11.6. The summed E-state index contributed by atoms with van der Waals surface area (Å²) < 4.78 is 19.2. The van der Waals surface area contributed by atoms with Gasteiger partial charge in [0.25, 0.3) is 6.01 Å². The first-order valence-electron chi connectivity index (χ1n) is 7.88. The normalized spacial score (nSPS) is 21.4. The maximum Gasteiger partial charge on any atom is 0.298 e. The van der Waals surface area contributed by atoms with Gasteiger partial charge >= 0.3 is 0 Å². The van der Waals surface area contributed by atoms with Gasteiger partial charge in [-0.15, -0.1) is 0 Å². The molecule has 7 nitrogen and oxygen atoms in total. The highest BCUT2D eigenvalue weighted by atomic mass is 19.1. The summed E-state index contributed by atoms with van der Waals surface area (Å²) in [7, 11) is 1.58. The molecule has 24 heavy (non-hydrogen) atoms. The van der Waals surface area contributed by atoms with Crippen LogP contribution in [0.15, 0.2) is 22.6 Å². The molecule has 0 radical (unpaired) electrons. The molecule has 3 heterocycles. The highest BCUT2D eigenvalue weighted by molar-refractivity contribution is 5.89. The number of carbonyl (C=O) groups is 2. The van der Waals surface area contributed by atoms with Crippen LogP contribution in [0.5, 0.6) is 0 Å². The molecule has 2 amide bonds. The van der Waals surface area contributed by atoms with Crippen molar-refractivity contribution in [2.45, 2.75) is 12.5 Å². The second-order valence-electron chi connectivity index (χ2n) is 6.20. The molecule has 1 aromatic carbocycles. The summed E-state index contributed by atoms with van der Waals surface area (Å²) >= 11 is 0. The Kier molecular flexibility index (Phi) is 3.40. The topological polar surface area (TPSA) is 78.7 Å². The van der Waals surface area contributed by atoms with Crippen molar-refractivity contribution in [2.75, 3.05) is 31.6 Å². The maximum absolute atomic E-state index is 13.7. The van der Waals surface area contributed by atoms with E-state index >= 15 is 0 Å². The number of oxazole rings is 1. The molecule has 1 unspecified atom stereocenters. The van der Waals surface area contributed by atoms with Crippen LogP contribution in [0.3, 0.4) is 0 Å². The van der Waals surface area contributed by atoms with Crippen molar-refractivity contribution in [2.24, 2.45) is 5.92 Å². The van der Waals surface area contributed by atoms with E-state index in [0.29, 0.717) is 31.2 Å². The number of anilines is 1. The van der Waals surface area contributed by atoms with Gasteiger partial charge in [0.05, 0.1) is 12.0 Å². The number of hydrogen-bond donors (Lipinski definition) is 1. The Bertz CT molecular complexity index is 815. The number of carbonyl (C=O) groups excluding carboxylic acids is 2. The van der Waals surface area contributed by atoms with Crippen LogP contribution in [0.2, 0.25) is 0 Å². The number of para-hydroxylation sites is 1. The molecule has 0 spiro atoms. The number of benzene rings is 1. The van der Waals surface area contributed by atoms with Crippen molar-refractivity contribution in [3.05, 3.63) is 24.0 Å². The van der Waals surface area contributed by atoms with Crippen LogP contribution >= 0.6 is 0 Å². The van der Waals surface area contributed by atoms with Crippen LogP contribution in [0, 0.1) is 11.7 Å². The van der Waals surface area contributed by atoms with Gasteiger partial charge in [-0.25, -0.2) is 4.39 Å². The highest BCUT2D eigenvalue weighted by Crippen LogP contribution is 2.30. The molecule has 2 aliphatic heterocycles. The number of rotatable bonds is 3. The van der Waals surface area contributed by atoms with Crippen LogP contribution in [0.1, 0.15) is 6.42 Å². The summed E-state index contributed by atoms with van der Waals surface area (Å²) in [5.41, 5.74) is 0.623. The van der Waals surface area contributed by atoms with E-state index in [4.69, 9.17) is 4.42 Å². The van der Waals surface area contributed by atoms with E-state index in [1.54, 1.807) is 24.1 Å². The average Bonchev–Trinajstić information content (AvgIpc) is 3.11. The fourth-order valence-electron chi connectivity index (χ4n) is 3.31. The minimum absolute atomic E-state index is 0.00291. The molecule has 1 aromatic heterocycles. The number of aromatic nitrogens is 1. The zero-order valence-electron chi connectivity index (χ0n) is 13.2. The van der Waals surface area contributed by atoms with E-state index in [-0.39, 0.29) is 35.8 Å². The molecule has 8 heteroatoms. The Morgan fingerprint density at radius 3 is 2.88 bits per heavy atom. The standard InChI is InChI=1S/C16H17FN4O3/c1-18-15(23)9-5-13(22)21(6-9)10-7-20(8-10)16-19-12-4-2-3-11(17)14(12)24-16/h2-4,9-10H,5-8H2,1H3,(H,18,23). The fraction of sp³-hybridized carbons (Fsp3) is 0.438. The van der Waals surface area contributed by atoms with Gasteiger partial charge in [-0.2, -0.15) is 4.98 Å². The second-order valence-corrected chi connectivity index (χ2v) is 6.20. The fourth-order valence-corrected chi connectivity index (χ4v) is 3.31. The lowest BCUT2D eigenvalue weighted by Gasteiger charge is -2.43. The molecule has 2 aliphatic rings. The molecule has 2 aromatic rings. The van der Waals surface area contributed by atoms with Gasteiger partial charge in [-0.05, 0) is 12.1 Å². The van der Waals surface area contributed by atoms with E-state index < -0.39 is 5.82 Å². The summed E-state index contributed by atoms with van der Waals surface area (Å²) in [6.45, 7) is 1.58. The predicted molar refractivity (Wildman–Crippen MR) is 83.9 cm³/mol. The van der Waals surface area contributed by atoms with Crippen LogP contribution < -0.4 is 10.2 Å². The van der Waals surface area contributed by atoms with Gasteiger partial charge in [-0.3, -0.25) is 9.59 Å². The molecule has 2 saturated heterocycles. The first-order valence-corrected chi connectivity index (χ1v) is 7.88. The van der Waals surface area contributed by atoms with Gasteiger partial charge < -0.3 is 19.5 Å². The van der Waals surface area contributed by atoms with E-state index in [1.165, 1.54) is 6.07 Å². The number of nitrogens with one attached hydrogen (secondary N) is 1. The Morgan fingerprint density at radius 1 is 1.38 bits per heavy atom. The summed E-state index contributed by atoms with van der Waals surface area (Å²) in [6, 6.07) is 5.01.